The van der Waals surface area contributed by atoms with Crippen molar-refractivity contribution >= 4 is 5.84 Å². The number of rotatable bonds is 1. The molecule has 0 radical (unpaired) electrons. The van der Waals surface area contributed by atoms with E-state index in [9.17, 15) is 0 Å². The molecule has 1 aliphatic heterocycles. The molecule has 2 heteroatoms. The van der Waals surface area contributed by atoms with Crippen LogP contribution in [0, 0.1) is 11.8 Å². The predicted octanol–water partition coefficient (Wildman–Crippen LogP) is 2.59. The summed E-state index contributed by atoms with van der Waals surface area (Å²) in [6.45, 7) is 5.79. The van der Waals surface area contributed by atoms with E-state index in [1.807, 2.05) is 0 Å². The van der Waals surface area contributed by atoms with Crippen molar-refractivity contribution in [3.8, 4) is 0 Å². The zero-order chi connectivity index (χ0) is 9.97. The van der Waals surface area contributed by atoms with E-state index < -0.39 is 0 Å². The Morgan fingerprint density at radius 1 is 1.14 bits per heavy atom. The largest absolute Gasteiger partial charge is 0.371 e. The molecular weight excluding hydrogens is 172 g/mol. The van der Waals surface area contributed by atoms with E-state index in [4.69, 9.17) is 0 Å². The molecule has 0 aromatic carbocycles. The van der Waals surface area contributed by atoms with Crippen molar-refractivity contribution in [1.82, 2.24) is 5.32 Å². The third-order valence-electron chi connectivity index (χ3n) is 3.42. The van der Waals surface area contributed by atoms with Crippen LogP contribution >= 0.6 is 0 Å². The lowest BCUT2D eigenvalue weighted by Gasteiger charge is -2.32. The van der Waals surface area contributed by atoms with Gasteiger partial charge in [-0.1, -0.05) is 13.8 Å². The molecule has 14 heavy (non-hydrogen) atoms. The van der Waals surface area contributed by atoms with E-state index in [0.29, 0.717) is 6.04 Å². The molecule has 1 heterocycles. The first-order valence-corrected chi connectivity index (χ1v) is 6.04. The third kappa shape index (κ3) is 2.49. The highest BCUT2D eigenvalue weighted by molar-refractivity contribution is 5.83. The minimum absolute atomic E-state index is 0.700. The van der Waals surface area contributed by atoms with Gasteiger partial charge < -0.3 is 5.32 Å². The molecule has 80 valence electrons. The second-order valence-electron chi connectivity index (χ2n) is 5.19. The maximum absolute atomic E-state index is 4.49. The van der Waals surface area contributed by atoms with Crippen molar-refractivity contribution in [2.24, 2.45) is 16.8 Å². The fraction of sp³-hybridized carbons (Fsp3) is 0.917. The van der Waals surface area contributed by atoms with E-state index in [0.717, 1.165) is 18.4 Å². The molecular formula is C12H22N2. The highest BCUT2D eigenvalue weighted by Gasteiger charge is 2.24. The van der Waals surface area contributed by atoms with Crippen molar-refractivity contribution in [3.63, 3.8) is 0 Å². The molecule has 0 bridgehead atoms. The van der Waals surface area contributed by atoms with Crippen LogP contribution in [0.2, 0.25) is 0 Å². The average Bonchev–Trinajstić information content (AvgIpc) is 2.54. The highest BCUT2D eigenvalue weighted by atomic mass is 15.0. The normalized spacial score (nSPS) is 38.1. The number of hydrogen-bond donors (Lipinski definition) is 1. The van der Waals surface area contributed by atoms with Gasteiger partial charge in [0.1, 0.15) is 0 Å². The number of amidine groups is 1. The quantitative estimate of drug-likeness (QED) is 0.681. The fourth-order valence-electron chi connectivity index (χ4n) is 2.96. The zero-order valence-electron chi connectivity index (χ0n) is 9.42. The molecule has 1 saturated carbocycles. The van der Waals surface area contributed by atoms with Crippen molar-refractivity contribution in [1.29, 1.82) is 0 Å². The SMILES string of the molecule is CC1CC(C)CC(NC2=NCCC2)C1. The summed E-state index contributed by atoms with van der Waals surface area (Å²) < 4.78 is 0. The van der Waals surface area contributed by atoms with Crippen LogP contribution in [-0.4, -0.2) is 18.4 Å². The Morgan fingerprint density at radius 3 is 2.43 bits per heavy atom. The molecule has 0 aromatic heterocycles. The first-order chi connectivity index (χ1) is 6.74. The number of nitrogens with one attached hydrogen (secondary N) is 1. The summed E-state index contributed by atoms with van der Waals surface area (Å²) in [6.07, 6.45) is 6.51. The second kappa shape index (κ2) is 4.33. The summed E-state index contributed by atoms with van der Waals surface area (Å²) in [5.41, 5.74) is 0. The summed E-state index contributed by atoms with van der Waals surface area (Å²) in [5.74, 6) is 3.05. The zero-order valence-corrected chi connectivity index (χ0v) is 9.42. The maximum atomic E-state index is 4.49. The number of aliphatic imine (C=N–C) groups is 1. The van der Waals surface area contributed by atoms with E-state index in [1.165, 1.54) is 37.9 Å². The molecule has 0 aromatic rings. The van der Waals surface area contributed by atoms with E-state index >= 15 is 0 Å². The fourth-order valence-corrected chi connectivity index (χ4v) is 2.96. The van der Waals surface area contributed by atoms with Gasteiger partial charge in [0.2, 0.25) is 0 Å². The van der Waals surface area contributed by atoms with Crippen molar-refractivity contribution in [3.05, 3.63) is 0 Å². The Morgan fingerprint density at radius 2 is 1.86 bits per heavy atom. The molecule has 2 rings (SSSR count). The molecule has 1 fully saturated rings. The van der Waals surface area contributed by atoms with E-state index in [-0.39, 0.29) is 0 Å². The van der Waals surface area contributed by atoms with Crippen LogP contribution < -0.4 is 5.32 Å². The lowest BCUT2D eigenvalue weighted by molar-refractivity contribution is 0.255. The molecule has 0 amide bonds. The van der Waals surface area contributed by atoms with Crippen molar-refractivity contribution < 1.29 is 0 Å². The summed E-state index contributed by atoms with van der Waals surface area (Å²) >= 11 is 0. The number of nitrogens with zero attached hydrogens (tertiary/aromatic N) is 1. The maximum Gasteiger partial charge on any atom is 0.0965 e. The molecule has 1 N–H and O–H groups in total. The van der Waals surface area contributed by atoms with E-state index in [2.05, 4.69) is 24.2 Å². The van der Waals surface area contributed by atoms with Crippen LogP contribution in [0.1, 0.15) is 46.0 Å². The van der Waals surface area contributed by atoms with Gasteiger partial charge in [-0.2, -0.15) is 0 Å². The summed E-state index contributed by atoms with van der Waals surface area (Å²) in [6, 6.07) is 0.700. The molecule has 1 aliphatic carbocycles. The van der Waals surface area contributed by atoms with Crippen LogP contribution in [0.25, 0.3) is 0 Å². The van der Waals surface area contributed by atoms with E-state index in [1.54, 1.807) is 0 Å². The standard InChI is InChI=1S/C12H22N2/c1-9-6-10(2)8-11(7-9)14-12-4-3-5-13-12/h9-11H,3-8H2,1-2H3,(H,13,14). The van der Waals surface area contributed by atoms with Gasteiger partial charge in [0.25, 0.3) is 0 Å². The second-order valence-corrected chi connectivity index (χ2v) is 5.19. The average molecular weight is 194 g/mol. The topological polar surface area (TPSA) is 24.4 Å². The minimum atomic E-state index is 0.700. The van der Waals surface area contributed by atoms with Gasteiger partial charge in [0.15, 0.2) is 0 Å². The summed E-state index contributed by atoms with van der Waals surface area (Å²) in [7, 11) is 0. The Labute approximate surface area is 87.2 Å². The molecule has 2 unspecified atom stereocenters. The lowest BCUT2D eigenvalue weighted by atomic mass is 9.80. The Kier molecular flexibility index (Phi) is 3.09. The predicted molar refractivity (Wildman–Crippen MR) is 60.6 cm³/mol. The lowest BCUT2D eigenvalue weighted by Crippen LogP contribution is -2.39. The molecule has 0 spiro atoms. The molecule has 2 nitrogen and oxygen atoms in total. The van der Waals surface area contributed by atoms with Gasteiger partial charge >= 0.3 is 0 Å². The molecule has 2 atom stereocenters. The Bertz CT molecular complexity index is 212. The monoisotopic (exact) mass is 194 g/mol. The minimum Gasteiger partial charge on any atom is -0.371 e. The van der Waals surface area contributed by atoms with Crippen molar-refractivity contribution in [2.45, 2.75) is 52.0 Å². The van der Waals surface area contributed by atoms with Gasteiger partial charge in [-0.15, -0.1) is 0 Å². The third-order valence-corrected chi connectivity index (χ3v) is 3.42. The van der Waals surface area contributed by atoms with Gasteiger partial charge in [0.05, 0.1) is 5.84 Å². The van der Waals surface area contributed by atoms with Crippen molar-refractivity contribution in [2.75, 3.05) is 6.54 Å². The van der Waals surface area contributed by atoms with Crippen LogP contribution in [0.3, 0.4) is 0 Å². The van der Waals surface area contributed by atoms with Gasteiger partial charge in [0, 0.05) is 19.0 Å². The van der Waals surface area contributed by atoms with Gasteiger partial charge in [-0.3, -0.25) is 4.99 Å². The number of hydrogen-bond acceptors (Lipinski definition) is 2. The Balaban J connectivity index is 1.84. The van der Waals surface area contributed by atoms with Crippen LogP contribution in [0.4, 0.5) is 0 Å². The van der Waals surface area contributed by atoms with Gasteiger partial charge in [-0.05, 0) is 37.5 Å². The summed E-state index contributed by atoms with van der Waals surface area (Å²) in [5, 5.41) is 3.63. The van der Waals surface area contributed by atoms with Crippen LogP contribution in [0.15, 0.2) is 4.99 Å². The summed E-state index contributed by atoms with van der Waals surface area (Å²) in [4.78, 5) is 4.49. The molecule has 2 aliphatic rings. The first-order valence-electron chi connectivity index (χ1n) is 6.04. The Hall–Kier alpha value is -0.530. The van der Waals surface area contributed by atoms with Crippen LogP contribution in [-0.2, 0) is 0 Å². The highest BCUT2D eigenvalue weighted by Crippen LogP contribution is 2.28. The smallest absolute Gasteiger partial charge is 0.0965 e. The molecule has 0 saturated heterocycles. The van der Waals surface area contributed by atoms with Crippen LogP contribution in [0.5, 0.6) is 0 Å². The first kappa shape index (κ1) is 10.0. The van der Waals surface area contributed by atoms with Gasteiger partial charge in [-0.25, -0.2) is 0 Å².